The van der Waals surface area contributed by atoms with Gasteiger partial charge >= 0.3 is 6.03 Å². The smallest absolute Gasteiger partial charge is 0.315 e. The van der Waals surface area contributed by atoms with Crippen LogP contribution in [-0.4, -0.2) is 58.0 Å². The second-order valence-corrected chi connectivity index (χ2v) is 7.71. The van der Waals surface area contributed by atoms with Gasteiger partial charge in [-0.2, -0.15) is 0 Å². The fourth-order valence-electron chi connectivity index (χ4n) is 3.99. The maximum absolute atomic E-state index is 12.7. The Balaban J connectivity index is 1.70. The van der Waals surface area contributed by atoms with E-state index in [9.17, 15) is 4.79 Å². The molecule has 2 atom stereocenters. The highest BCUT2D eigenvalue weighted by Crippen LogP contribution is 2.32. The number of carbonyl (C=O) groups is 1. The van der Waals surface area contributed by atoms with Crippen LogP contribution in [0, 0.1) is 6.92 Å². The van der Waals surface area contributed by atoms with Crippen LogP contribution in [0.25, 0.3) is 0 Å². The molecule has 3 rings (SSSR count). The maximum atomic E-state index is 12.7. The number of hydrogen-bond donors (Lipinski definition) is 2. The summed E-state index contributed by atoms with van der Waals surface area (Å²) in [6, 6.07) is 13.7. The molecule has 31 heavy (non-hydrogen) atoms. The second-order valence-electron chi connectivity index (χ2n) is 7.71. The molecule has 1 saturated heterocycles. The highest BCUT2D eigenvalue weighted by molar-refractivity contribution is 5.74. The number of nitrogens with zero attached hydrogens (tertiary/aromatic N) is 1. The Morgan fingerprint density at radius 1 is 1.10 bits per heavy atom. The van der Waals surface area contributed by atoms with Gasteiger partial charge in [0, 0.05) is 19.6 Å². The molecule has 168 valence electrons. The van der Waals surface area contributed by atoms with E-state index in [0.717, 1.165) is 29.8 Å². The molecule has 2 unspecified atom stereocenters. The summed E-state index contributed by atoms with van der Waals surface area (Å²) in [6.45, 7) is 7.50. The average Bonchev–Trinajstić information content (AvgIpc) is 2.80. The van der Waals surface area contributed by atoms with Gasteiger partial charge in [-0.15, -0.1) is 0 Å². The van der Waals surface area contributed by atoms with Crippen molar-refractivity contribution in [2.75, 3.05) is 47.1 Å². The van der Waals surface area contributed by atoms with E-state index >= 15 is 0 Å². The van der Waals surface area contributed by atoms with E-state index in [1.807, 2.05) is 43.3 Å². The zero-order chi connectivity index (χ0) is 22.2. The van der Waals surface area contributed by atoms with Gasteiger partial charge in [-0.05, 0) is 42.7 Å². The average molecular weight is 428 g/mol. The van der Waals surface area contributed by atoms with Crippen molar-refractivity contribution in [3.63, 3.8) is 0 Å². The number of hydrogen-bond acceptors (Lipinski definition) is 5. The molecule has 2 aromatic carbocycles. The minimum absolute atomic E-state index is 0.00298. The first-order valence-electron chi connectivity index (χ1n) is 10.7. The summed E-state index contributed by atoms with van der Waals surface area (Å²) in [6.07, 6.45) is 0. The largest absolute Gasteiger partial charge is 0.493 e. The third-order valence-electron chi connectivity index (χ3n) is 5.74. The summed E-state index contributed by atoms with van der Waals surface area (Å²) < 4.78 is 16.4. The Bertz CT molecular complexity index is 868. The van der Waals surface area contributed by atoms with Crippen molar-refractivity contribution in [2.45, 2.75) is 25.9 Å². The first-order chi connectivity index (χ1) is 15.0. The zero-order valence-electron chi connectivity index (χ0n) is 18.8. The van der Waals surface area contributed by atoms with Gasteiger partial charge in [0.1, 0.15) is 0 Å². The molecule has 0 radical (unpaired) electrons. The lowest BCUT2D eigenvalue weighted by molar-refractivity contribution is 0.0166. The first-order valence-corrected chi connectivity index (χ1v) is 10.7. The summed E-state index contributed by atoms with van der Waals surface area (Å²) in [5.74, 6) is 1.36. The number of benzene rings is 2. The standard InChI is InChI=1S/C24H33N3O4/c1-17-7-5-6-8-20(17)18(2)26-24(28)25-16-21(27-11-13-31-14-12-27)19-9-10-22(29-3)23(15-19)30-4/h5-10,15,18,21H,11-14,16H2,1-4H3,(H2,25,26,28). The molecular formula is C24H33N3O4. The van der Waals surface area contributed by atoms with Crippen molar-refractivity contribution >= 4 is 6.03 Å². The van der Waals surface area contributed by atoms with Gasteiger partial charge in [0.15, 0.2) is 11.5 Å². The SMILES string of the molecule is COc1ccc(C(CNC(=O)NC(C)c2ccccc2C)N2CCOCC2)cc1OC. The van der Waals surface area contributed by atoms with Crippen molar-refractivity contribution in [3.8, 4) is 11.5 Å². The van der Waals surface area contributed by atoms with Crippen molar-refractivity contribution in [1.29, 1.82) is 0 Å². The number of aryl methyl sites for hydroxylation is 1. The number of urea groups is 1. The van der Waals surface area contributed by atoms with E-state index in [1.165, 1.54) is 0 Å². The summed E-state index contributed by atoms with van der Waals surface area (Å²) in [5, 5.41) is 6.11. The van der Waals surface area contributed by atoms with E-state index in [4.69, 9.17) is 14.2 Å². The van der Waals surface area contributed by atoms with Crippen molar-refractivity contribution in [3.05, 3.63) is 59.2 Å². The van der Waals surface area contributed by atoms with E-state index in [2.05, 4.69) is 28.5 Å². The van der Waals surface area contributed by atoms with Crippen LogP contribution in [0.4, 0.5) is 4.79 Å². The number of morpholine rings is 1. The summed E-state index contributed by atoms with van der Waals surface area (Å²) in [5.41, 5.74) is 3.33. The summed E-state index contributed by atoms with van der Waals surface area (Å²) in [7, 11) is 3.25. The van der Waals surface area contributed by atoms with Crippen molar-refractivity contribution < 1.29 is 19.0 Å². The van der Waals surface area contributed by atoms with E-state index < -0.39 is 0 Å². The topological polar surface area (TPSA) is 72.1 Å². The minimum atomic E-state index is -0.186. The molecule has 0 aromatic heterocycles. The van der Waals surface area contributed by atoms with Crippen molar-refractivity contribution in [1.82, 2.24) is 15.5 Å². The molecule has 1 heterocycles. The Hall–Kier alpha value is -2.77. The van der Waals surface area contributed by atoms with Gasteiger partial charge in [0.25, 0.3) is 0 Å². The molecule has 0 saturated carbocycles. The number of ether oxygens (including phenoxy) is 3. The Kier molecular flexibility index (Phi) is 8.14. The normalized spacial score (nSPS) is 16.3. The molecular weight excluding hydrogens is 394 g/mol. The predicted octanol–water partition coefficient (Wildman–Crippen LogP) is 3.45. The third kappa shape index (κ3) is 5.89. The predicted molar refractivity (Wildman–Crippen MR) is 121 cm³/mol. The van der Waals surface area contributed by atoms with E-state index in [1.54, 1.807) is 14.2 Å². The molecule has 1 aliphatic rings. The summed E-state index contributed by atoms with van der Waals surface area (Å²) >= 11 is 0. The molecule has 7 nitrogen and oxygen atoms in total. The minimum Gasteiger partial charge on any atom is -0.493 e. The molecule has 2 amide bonds. The third-order valence-corrected chi connectivity index (χ3v) is 5.74. The lowest BCUT2D eigenvalue weighted by Gasteiger charge is -2.35. The number of amides is 2. The monoisotopic (exact) mass is 427 g/mol. The summed E-state index contributed by atoms with van der Waals surface area (Å²) in [4.78, 5) is 15.0. The molecule has 0 bridgehead atoms. The van der Waals surface area contributed by atoms with Crippen LogP contribution in [0.1, 0.15) is 35.7 Å². The fourth-order valence-corrected chi connectivity index (χ4v) is 3.99. The lowest BCUT2D eigenvalue weighted by atomic mass is 10.0. The van der Waals surface area contributed by atoms with Crippen LogP contribution in [-0.2, 0) is 4.74 Å². The van der Waals surface area contributed by atoms with Crippen LogP contribution >= 0.6 is 0 Å². The lowest BCUT2D eigenvalue weighted by Crippen LogP contribution is -2.46. The van der Waals surface area contributed by atoms with Gasteiger partial charge in [-0.25, -0.2) is 4.79 Å². The van der Waals surface area contributed by atoms with E-state index in [0.29, 0.717) is 31.3 Å². The van der Waals surface area contributed by atoms with Crippen LogP contribution in [0.5, 0.6) is 11.5 Å². The van der Waals surface area contributed by atoms with Crippen LogP contribution in [0.3, 0.4) is 0 Å². The quantitative estimate of drug-likeness (QED) is 0.675. The Morgan fingerprint density at radius 3 is 2.48 bits per heavy atom. The number of nitrogens with one attached hydrogen (secondary N) is 2. The molecule has 2 aromatic rings. The number of carbonyl (C=O) groups excluding carboxylic acids is 1. The van der Waals surface area contributed by atoms with Gasteiger partial charge < -0.3 is 24.8 Å². The van der Waals surface area contributed by atoms with E-state index in [-0.39, 0.29) is 18.1 Å². The highest BCUT2D eigenvalue weighted by Gasteiger charge is 2.24. The number of methoxy groups -OCH3 is 2. The Labute approximate surface area is 184 Å². The second kappa shape index (κ2) is 11.0. The van der Waals surface area contributed by atoms with Gasteiger partial charge in [0.05, 0.1) is 39.5 Å². The first kappa shape index (κ1) is 22.9. The molecule has 7 heteroatoms. The zero-order valence-corrected chi connectivity index (χ0v) is 18.8. The molecule has 1 aliphatic heterocycles. The fraction of sp³-hybridized carbons (Fsp3) is 0.458. The molecule has 1 fully saturated rings. The maximum Gasteiger partial charge on any atom is 0.315 e. The number of rotatable bonds is 8. The Morgan fingerprint density at radius 2 is 1.81 bits per heavy atom. The van der Waals surface area contributed by atoms with Crippen LogP contribution in [0.2, 0.25) is 0 Å². The van der Waals surface area contributed by atoms with Gasteiger partial charge in [-0.3, -0.25) is 4.90 Å². The van der Waals surface area contributed by atoms with Gasteiger partial charge in [-0.1, -0.05) is 30.3 Å². The highest BCUT2D eigenvalue weighted by atomic mass is 16.5. The van der Waals surface area contributed by atoms with Crippen LogP contribution < -0.4 is 20.1 Å². The van der Waals surface area contributed by atoms with Crippen LogP contribution in [0.15, 0.2) is 42.5 Å². The van der Waals surface area contributed by atoms with Gasteiger partial charge in [0.2, 0.25) is 0 Å². The molecule has 0 spiro atoms. The molecule has 0 aliphatic carbocycles. The van der Waals surface area contributed by atoms with Crippen molar-refractivity contribution in [2.24, 2.45) is 0 Å². The molecule has 2 N–H and O–H groups in total.